The molecule has 0 bridgehead atoms. The van der Waals surface area contributed by atoms with Gasteiger partial charge in [0.1, 0.15) is 5.75 Å². The lowest BCUT2D eigenvalue weighted by Gasteiger charge is -2.10. The van der Waals surface area contributed by atoms with E-state index in [2.05, 4.69) is 22.8 Å². The Balaban J connectivity index is 1.36. The first-order valence-electron chi connectivity index (χ1n) is 10.7. The summed E-state index contributed by atoms with van der Waals surface area (Å²) in [6.45, 7) is 0.521. The first-order chi connectivity index (χ1) is 16.2. The third kappa shape index (κ3) is 6.31. The van der Waals surface area contributed by atoms with Crippen LogP contribution in [0.25, 0.3) is 0 Å². The molecule has 4 aromatic carbocycles. The van der Waals surface area contributed by atoms with Gasteiger partial charge in [0.25, 0.3) is 11.8 Å². The van der Waals surface area contributed by atoms with Crippen molar-refractivity contribution in [1.82, 2.24) is 0 Å². The quantitative estimate of drug-likeness (QED) is 0.366. The van der Waals surface area contributed by atoms with Crippen molar-refractivity contribution in [2.45, 2.75) is 6.42 Å². The molecule has 0 fully saturated rings. The monoisotopic (exact) mass is 436 g/mol. The van der Waals surface area contributed by atoms with Crippen LogP contribution in [0.1, 0.15) is 26.3 Å². The maximum Gasteiger partial charge on any atom is 0.255 e. The Morgan fingerprint density at radius 3 is 1.91 bits per heavy atom. The summed E-state index contributed by atoms with van der Waals surface area (Å²) in [5.41, 5.74) is 3.38. The first kappa shape index (κ1) is 21.8. The van der Waals surface area contributed by atoms with Gasteiger partial charge in [0.2, 0.25) is 0 Å². The molecule has 0 heterocycles. The fraction of sp³-hybridized carbons (Fsp3) is 0.0714. The number of anilines is 2. The lowest BCUT2D eigenvalue weighted by Crippen LogP contribution is -2.14. The van der Waals surface area contributed by atoms with Crippen LogP contribution in [0, 0.1) is 0 Å². The van der Waals surface area contributed by atoms with Crippen molar-refractivity contribution in [2.75, 3.05) is 17.2 Å². The van der Waals surface area contributed by atoms with E-state index in [0.29, 0.717) is 34.9 Å². The standard InChI is InChI=1S/C28H24N2O3/c31-27(29-24-13-5-2-6-14-24)22-11-7-15-25(19-22)30-28(32)23-12-8-16-26(20-23)33-18-17-21-9-3-1-4-10-21/h1-16,19-20H,17-18H2,(H,29,31)(H,30,32). The van der Waals surface area contributed by atoms with Crippen molar-refractivity contribution in [3.8, 4) is 5.75 Å². The van der Waals surface area contributed by atoms with Gasteiger partial charge in [-0.2, -0.15) is 0 Å². The Morgan fingerprint density at radius 2 is 1.18 bits per heavy atom. The van der Waals surface area contributed by atoms with Crippen molar-refractivity contribution in [3.63, 3.8) is 0 Å². The van der Waals surface area contributed by atoms with Crippen LogP contribution in [0.5, 0.6) is 5.75 Å². The first-order valence-corrected chi connectivity index (χ1v) is 10.7. The minimum absolute atomic E-state index is 0.244. The summed E-state index contributed by atoms with van der Waals surface area (Å²) in [7, 11) is 0. The topological polar surface area (TPSA) is 67.4 Å². The normalized spacial score (nSPS) is 10.3. The van der Waals surface area contributed by atoms with Crippen LogP contribution < -0.4 is 15.4 Å². The number of hydrogen-bond acceptors (Lipinski definition) is 3. The van der Waals surface area contributed by atoms with Gasteiger partial charge in [-0.1, -0.05) is 60.7 Å². The van der Waals surface area contributed by atoms with E-state index in [-0.39, 0.29) is 11.8 Å². The molecular formula is C28H24N2O3. The molecule has 4 aromatic rings. The number of nitrogens with one attached hydrogen (secondary N) is 2. The molecule has 0 aromatic heterocycles. The van der Waals surface area contributed by atoms with Gasteiger partial charge in [-0.3, -0.25) is 9.59 Å². The average molecular weight is 437 g/mol. The minimum Gasteiger partial charge on any atom is -0.493 e. The van der Waals surface area contributed by atoms with Gasteiger partial charge in [-0.05, 0) is 54.1 Å². The van der Waals surface area contributed by atoms with E-state index in [9.17, 15) is 9.59 Å². The molecule has 0 saturated heterocycles. The largest absolute Gasteiger partial charge is 0.493 e. The average Bonchev–Trinajstić information content (AvgIpc) is 2.86. The predicted octanol–water partition coefficient (Wildman–Crippen LogP) is 5.81. The van der Waals surface area contributed by atoms with Crippen LogP contribution >= 0.6 is 0 Å². The van der Waals surface area contributed by atoms with E-state index in [0.717, 1.165) is 6.42 Å². The molecular weight excluding hydrogens is 412 g/mol. The van der Waals surface area contributed by atoms with Crippen LogP contribution in [0.2, 0.25) is 0 Å². The summed E-state index contributed by atoms with van der Waals surface area (Å²) in [5.74, 6) is 0.116. The number of ether oxygens (including phenoxy) is 1. The molecule has 0 aliphatic heterocycles. The van der Waals surface area contributed by atoms with E-state index >= 15 is 0 Å². The molecule has 0 aliphatic rings. The van der Waals surface area contributed by atoms with Gasteiger partial charge >= 0.3 is 0 Å². The van der Waals surface area contributed by atoms with Gasteiger partial charge in [0, 0.05) is 28.9 Å². The maximum atomic E-state index is 12.8. The molecule has 0 aliphatic carbocycles. The Kier molecular flexibility index (Phi) is 7.13. The highest BCUT2D eigenvalue weighted by Gasteiger charge is 2.11. The molecule has 5 heteroatoms. The Bertz CT molecular complexity index is 1220. The van der Waals surface area contributed by atoms with E-state index in [1.165, 1.54) is 5.56 Å². The molecule has 0 radical (unpaired) electrons. The van der Waals surface area contributed by atoms with Crippen molar-refractivity contribution in [2.24, 2.45) is 0 Å². The second kappa shape index (κ2) is 10.8. The van der Waals surface area contributed by atoms with Crippen molar-refractivity contribution in [3.05, 3.63) is 126 Å². The van der Waals surface area contributed by atoms with E-state index in [1.807, 2.05) is 54.6 Å². The number of para-hydroxylation sites is 1. The number of carbonyl (C=O) groups excluding carboxylic acids is 2. The fourth-order valence-corrected chi connectivity index (χ4v) is 3.32. The number of rotatable bonds is 8. The highest BCUT2D eigenvalue weighted by molar-refractivity contribution is 6.07. The summed E-state index contributed by atoms with van der Waals surface area (Å²) in [6, 6.07) is 33.2. The molecule has 33 heavy (non-hydrogen) atoms. The van der Waals surface area contributed by atoms with Crippen molar-refractivity contribution >= 4 is 23.2 Å². The summed E-state index contributed by atoms with van der Waals surface area (Å²) < 4.78 is 5.83. The second-order valence-corrected chi connectivity index (χ2v) is 7.47. The van der Waals surface area contributed by atoms with Crippen LogP contribution in [-0.4, -0.2) is 18.4 Å². The van der Waals surface area contributed by atoms with E-state index in [4.69, 9.17) is 4.74 Å². The predicted molar refractivity (Wildman–Crippen MR) is 131 cm³/mol. The van der Waals surface area contributed by atoms with Gasteiger partial charge in [0.15, 0.2) is 0 Å². The van der Waals surface area contributed by atoms with Gasteiger partial charge in [-0.15, -0.1) is 0 Å². The fourth-order valence-electron chi connectivity index (χ4n) is 3.32. The van der Waals surface area contributed by atoms with Crippen LogP contribution in [0.3, 0.4) is 0 Å². The summed E-state index contributed by atoms with van der Waals surface area (Å²) >= 11 is 0. The molecule has 2 N–H and O–H groups in total. The van der Waals surface area contributed by atoms with E-state index < -0.39 is 0 Å². The Morgan fingerprint density at radius 1 is 0.606 bits per heavy atom. The third-order valence-electron chi connectivity index (χ3n) is 5.01. The van der Waals surface area contributed by atoms with Gasteiger partial charge in [-0.25, -0.2) is 0 Å². The number of carbonyl (C=O) groups is 2. The summed E-state index contributed by atoms with van der Waals surface area (Å²) in [4.78, 5) is 25.3. The molecule has 0 saturated carbocycles. The second-order valence-electron chi connectivity index (χ2n) is 7.47. The van der Waals surface area contributed by atoms with Gasteiger partial charge in [0.05, 0.1) is 6.61 Å². The zero-order valence-corrected chi connectivity index (χ0v) is 18.0. The molecule has 5 nitrogen and oxygen atoms in total. The molecule has 0 unspecified atom stereocenters. The summed E-state index contributed by atoms with van der Waals surface area (Å²) in [6.07, 6.45) is 0.787. The third-order valence-corrected chi connectivity index (χ3v) is 5.01. The lowest BCUT2D eigenvalue weighted by atomic mass is 10.1. The molecule has 4 rings (SSSR count). The minimum atomic E-state index is -0.274. The SMILES string of the molecule is O=C(Nc1ccccc1)c1cccc(NC(=O)c2cccc(OCCc3ccccc3)c2)c1. The highest BCUT2D eigenvalue weighted by Crippen LogP contribution is 2.18. The maximum absolute atomic E-state index is 12.8. The van der Waals surface area contributed by atoms with Crippen molar-refractivity contribution in [1.29, 1.82) is 0 Å². The summed E-state index contributed by atoms with van der Waals surface area (Å²) in [5, 5.41) is 5.69. The van der Waals surface area contributed by atoms with Crippen molar-refractivity contribution < 1.29 is 14.3 Å². The van der Waals surface area contributed by atoms with Gasteiger partial charge < -0.3 is 15.4 Å². The zero-order valence-electron chi connectivity index (χ0n) is 18.0. The van der Waals surface area contributed by atoms with Crippen LogP contribution in [0.4, 0.5) is 11.4 Å². The molecule has 0 atom stereocenters. The Hall–Kier alpha value is -4.38. The lowest BCUT2D eigenvalue weighted by molar-refractivity contribution is 0.101. The number of amides is 2. The van der Waals surface area contributed by atoms with E-state index in [1.54, 1.807) is 42.5 Å². The number of benzene rings is 4. The molecule has 164 valence electrons. The van der Waals surface area contributed by atoms with Crippen LogP contribution in [0.15, 0.2) is 109 Å². The highest BCUT2D eigenvalue weighted by atomic mass is 16.5. The number of hydrogen-bond donors (Lipinski definition) is 2. The zero-order chi connectivity index (χ0) is 22.9. The smallest absolute Gasteiger partial charge is 0.255 e. The van der Waals surface area contributed by atoms with Crippen LogP contribution in [-0.2, 0) is 6.42 Å². The molecule has 0 spiro atoms. The Labute approximate surface area is 193 Å². The molecule has 2 amide bonds.